The summed E-state index contributed by atoms with van der Waals surface area (Å²) in [6.45, 7) is 9.90. The van der Waals surface area contributed by atoms with Crippen LogP contribution >= 0.6 is 0 Å². The van der Waals surface area contributed by atoms with E-state index < -0.39 is 0 Å². The molecule has 1 fully saturated rings. The molecule has 0 bridgehead atoms. The number of anilines is 3. The molecule has 5 heteroatoms. The van der Waals surface area contributed by atoms with E-state index in [0.717, 1.165) is 41.5 Å². The third-order valence-electron chi connectivity index (χ3n) is 5.87. The summed E-state index contributed by atoms with van der Waals surface area (Å²) in [6.07, 6.45) is 2.42. The fourth-order valence-corrected chi connectivity index (χ4v) is 3.71. The molecule has 3 rings (SSSR count). The maximum absolute atomic E-state index is 12.6. The van der Waals surface area contributed by atoms with Gasteiger partial charge in [-0.1, -0.05) is 19.1 Å². The van der Waals surface area contributed by atoms with E-state index in [9.17, 15) is 9.59 Å². The van der Waals surface area contributed by atoms with Crippen molar-refractivity contribution >= 4 is 28.9 Å². The normalized spacial score (nSPS) is 14.6. The molecule has 29 heavy (non-hydrogen) atoms. The molecule has 1 aliphatic rings. The Hall–Kier alpha value is -2.82. The topological polar surface area (TPSA) is 52.7 Å². The second-order valence-corrected chi connectivity index (χ2v) is 8.09. The zero-order valence-electron chi connectivity index (χ0n) is 17.9. The van der Waals surface area contributed by atoms with Gasteiger partial charge in [-0.25, -0.2) is 0 Å². The minimum Gasteiger partial charge on any atom is -0.372 e. The third-order valence-corrected chi connectivity index (χ3v) is 5.87. The van der Waals surface area contributed by atoms with E-state index in [2.05, 4.69) is 17.1 Å². The molecule has 0 saturated carbocycles. The van der Waals surface area contributed by atoms with Gasteiger partial charge in [-0.05, 0) is 74.1 Å². The quantitative estimate of drug-likeness (QED) is 0.812. The molecule has 1 saturated heterocycles. The van der Waals surface area contributed by atoms with Crippen molar-refractivity contribution < 1.29 is 9.59 Å². The fraction of sp³-hybridized carbons (Fsp3) is 0.417. The minimum absolute atomic E-state index is 0.0106. The van der Waals surface area contributed by atoms with Crippen LogP contribution in [0.5, 0.6) is 0 Å². The lowest BCUT2D eigenvalue weighted by molar-refractivity contribution is -0.120. The first-order valence-corrected chi connectivity index (χ1v) is 10.3. The zero-order valence-corrected chi connectivity index (χ0v) is 17.9. The highest BCUT2D eigenvalue weighted by Gasteiger charge is 2.19. The molecule has 1 aliphatic heterocycles. The van der Waals surface area contributed by atoms with Crippen molar-refractivity contribution in [3.8, 4) is 0 Å². The molecule has 0 unspecified atom stereocenters. The Balaban J connectivity index is 1.68. The number of rotatable bonds is 5. The minimum atomic E-state index is -0.206. The summed E-state index contributed by atoms with van der Waals surface area (Å²) in [7, 11) is 0. The first-order chi connectivity index (χ1) is 13.8. The second kappa shape index (κ2) is 9.12. The maximum atomic E-state index is 12.6. The summed E-state index contributed by atoms with van der Waals surface area (Å²) in [5, 5.41) is 2.93. The first-order valence-electron chi connectivity index (χ1n) is 10.3. The summed E-state index contributed by atoms with van der Waals surface area (Å²) in [4.78, 5) is 28.7. The van der Waals surface area contributed by atoms with E-state index in [0.29, 0.717) is 0 Å². The molecule has 5 nitrogen and oxygen atoms in total. The second-order valence-electron chi connectivity index (χ2n) is 8.09. The molecule has 154 valence electrons. The van der Waals surface area contributed by atoms with Crippen molar-refractivity contribution in [3.63, 3.8) is 0 Å². The van der Waals surface area contributed by atoms with Gasteiger partial charge < -0.3 is 15.1 Å². The number of nitrogens with one attached hydrogen (secondary N) is 1. The van der Waals surface area contributed by atoms with Crippen LogP contribution in [0.3, 0.4) is 0 Å². The number of carbonyl (C=O) groups is 2. The summed E-state index contributed by atoms with van der Waals surface area (Å²) < 4.78 is 0. The van der Waals surface area contributed by atoms with E-state index in [4.69, 9.17) is 0 Å². The fourth-order valence-electron chi connectivity index (χ4n) is 3.71. The molecule has 0 aromatic heterocycles. The van der Waals surface area contributed by atoms with Crippen LogP contribution in [0.25, 0.3) is 0 Å². The highest BCUT2D eigenvalue weighted by molar-refractivity contribution is 6.02. The van der Waals surface area contributed by atoms with Crippen LogP contribution in [0.4, 0.5) is 17.1 Å². The number of carbonyl (C=O) groups excluding carboxylic acids is 2. The van der Waals surface area contributed by atoms with Crippen LogP contribution in [-0.4, -0.2) is 31.4 Å². The van der Waals surface area contributed by atoms with Gasteiger partial charge in [-0.2, -0.15) is 0 Å². The summed E-state index contributed by atoms with van der Waals surface area (Å²) in [5.41, 5.74) is 4.85. The monoisotopic (exact) mass is 393 g/mol. The average Bonchev–Trinajstić information content (AvgIpc) is 2.70. The molecule has 0 aliphatic carbocycles. The molecule has 0 spiro atoms. The Morgan fingerprint density at radius 2 is 1.72 bits per heavy atom. The first kappa shape index (κ1) is 20.9. The number of amides is 2. The standard InChI is InChI=1S/C24H31N3O2/c1-17-12-14-26(15-13-17)21-8-10-22(11-9-21)27(20(4)28)16-24(29)25-23-7-5-6-18(2)19(23)3/h5-11,17H,12-16H2,1-4H3,(H,25,29). The Labute approximate surface area is 173 Å². The van der Waals surface area contributed by atoms with Gasteiger partial charge in [-0.3, -0.25) is 9.59 Å². The van der Waals surface area contributed by atoms with Crippen molar-refractivity contribution in [2.45, 2.75) is 40.5 Å². The zero-order chi connectivity index (χ0) is 21.0. The van der Waals surface area contributed by atoms with Gasteiger partial charge in [0.1, 0.15) is 6.54 Å². The van der Waals surface area contributed by atoms with E-state index in [1.807, 2.05) is 56.3 Å². The molecule has 2 amide bonds. The van der Waals surface area contributed by atoms with Crippen molar-refractivity contribution in [1.29, 1.82) is 0 Å². The summed E-state index contributed by atoms with van der Waals surface area (Å²) in [5.74, 6) is 0.429. The molecule has 2 aromatic carbocycles. The predicted octanol–water partition coefficient (Wildman–Crippen LogP) is 4.53. The van der Waals surface area contributed by atoms with Crippen LogP contribution in [0.1, 0.15) is 37.8 Å². The van der Waals surface area contributed by atoms with Crippen molar-refractivity contribution in [3.05, 3.63) is 53.6 Å². The van der Waals surface area contributed by atoms with Crippen molar-refractivity contribution in [2.75, 3.05) is 34.8 Å². The van der Waals surface area contributed by atoms with Crippen LogP contribution in [0.15, 0.2) is 42.5 Å². The van der Waals surface area contributed by atoms with Gasteiger partial charge in [0.2, 0.25) is 11.8 Å². The molecular formula is C24H31N3O2. The van der Waals surface area contributed by atoms with Gasteiger partial charge in [0.15, 0.2) is 0 Å². The Morgan fingerprint density at radius 1 is 1.07 bits per heavy atom. The molecule has 1 heterocycles. The lowest BCUT2D eigenvalue weighted by Crippen LogP contribution is -2.37. The van der Waals surface area contributed by atoms with Crippen molar-refractivity contribution in [2.24, 2.45) is 5.92 Å². The summed E-state index contributed by atoms with van der Waals surface area (Å²) in [6, 6.07) is 13.8. The van der Waals surface area contributed by atoms with Gasteiger partial charge in [-0.15, -0.1) is 0 Å². The smallest absolute Gasteiger partial charge is 0.244 e. The van der Waals surface area contributed by atoms with Gasteiger partial charge in [0, 0.05) is 37.1 Å². The van der Waals surface area contributed by atoms with E-state index in [-0.39, 0.29) is 18.4 Å². The average molecular weight is 394 g/mol. The third kappa shape index (κ3) is 5.17. The highest BCUT2D eigenvalue weighted by Crippen LogP contribution is 2.26. The molecule has 2 aromatic rings. The number of piperidine rings is 1. The van der Waals surface area contributed by atoms with Crippen LogP contribution < -0.4 is 15.1 Å². The van der Waals surface area contributed by atoms with Gasteiger partial charge in [0.05, 0.1) is 0 Å². The number of benzene rings is 2. The van der Waals surface area contributed by atoms with Gasteiger partial charge >= 0.3 is 0 Å². The van der Waals surface area contributed by atoms with Crippen molar-refractivity contribution in [1.82, 2.24) is 0 Å². The molecule has 0 radical (unpaired) electrons. The summed E-state index contributed by atoms with van der Waals surface area (Å²) >= 11 is 0. The van der Waals surface area contributed by atoms with E-state index in [1.165, 1.54) is 30.4 Å². The highest BCUT2D eigenvalue weighted by atomic mass is 16.2. The van der Waals surface area contributed by atoms with Crippen LogP contribution in [0.2, 0.25) is 0 Å². The van der Waals surface area contributed by atoms with E-state index in [1.54, 1.807) is 0 Å². The molecule has 0 atom stereocenters. The van der Waals surface area contributed by atoms with E-state index >= 15 is 0 Å². The van der Waals surface area contributed by atoms with Crippen LogP contribution in [-0.2, 0) is 9.59 Å². The Bertz CT molecular complexity index is 868. The van der Waals surface area contributed by atoms with Crippen LogP contribution in [0, 0.1) is 19.8 Å². The lowest BCUT2D eigenvalue weighted by atomic mass is 9.99. The largest absolute Gasteiger partial charge is 0.372 e. The number of hydrogen-bond acceptors (Lipinski definition) is 3. The Kier molecular flexibility index (Phi) is 6.57. The lowest BCUT2D eigenvalue weighted by Gasteiger charge is -2.32. The Morgan fingerprint density at radius 3 is 2.34 bits per heavy atom. The number of hydrogen-bond donors (Lipinski definition) is 1. The maximum Gasteiger partial charge on any atom is 0.244 e. The number of nitrogens with zero attached hydrogens (tertiary/aromatic N) is 2. The molecular weight excluding hydrogens is 362 g/mol. The van der Waals surface area contributed by atoms with Gasteiger partial charge in [0.25, 0.3) is 0 Å². The number of aryl methyl sites for hydroxylation is 1. The SMILES string of the molecule is CC(=O)N(CC(=O)Nc1cccc(C)c1C)c1ccc(N2CCC(C)CC2)cc1. The predicted molar refractivity (Wildman–Crippen MR) is 120 cm³/mol. The molecule has 1 N–H and O–H groups in total.